The van der Waals surface area contributed by atoms with Crippen molar-refractivity contribution < 1.29 is 14.6 Å². The van der Waals surface area contributed by atoms with E-state index in [1.54, 1.807) is 6.26 Å². The molecule has 3 heteroatoms. The van der Waals surface area contributed by atoms with Crippen molar-refractivity contribution in [2.24, 2.45) is 0 Å². The highest BCUT2D eigenvalue weighted by molar-refractivity contribution is 4.82. The van der Waals surface area contributed by atoms with E-state index in [0.717, 1.165) is 19.3 Å². The van der Waals surface area contributed by atoms with Gasteiger partial charge in [-0.15, -0.1) is 0 Å². The predicted molar refractivity (Wildman–Crippen MR) is 63.9 cm³/mol. The van der Waals surface area contributed by atoms with Gasteiger partial charge in [-0.1, -0.05) is 6.92 Å². The molecule has 0 spiro atoms. The van der Waals surface area contributed by atoms with E-state index in [-0.39, 0.29) is 12.7 Å². The number of hydrogen-bond donors (Lipinski definition) is 1. The maximum Gasteiger partial charge on any atom is 0.121 e. The van der Waals surface area contributed by atoms with Gasteiger partial charge in [-0.3, -0.25) is 0 Å². The molecule has 0 fully saturated rings. The van der Waals surface area contributed by atoms with Crippen molar-refractivity contribution in [3.63, 3.8) is 0 Å². The van der Waals surface area contributed by atoms with Crippen LogP contribution >= 0.6 is 0 Å². The maximum atomic E-state index is 8.53. The van der Waals surface area contributed by atoms with Crippen LogP contribution in [0.2, 0.25) is 0 Å². The smallest absolute Gasteiger partial charge is 0.121 e. The van der Waals surface area contributed by atoms with Gasteiger partial charge >= 0.3 is 0 Å². The van der Waals surface area contributed by atoms with Crippen LogP contribution in [0.1, 0.15) is 39.0 Å². The summed E-state index contributed by atoms with van der Waals surface area (Å²) in [6, 6.07) is 0. The lowest BCUT2D eigenvalue weighted by Crippen LogP contribution is -2.16. The standard InChI is InChI=1S/C7H12O.C6H10O2/c1-2-7-5-3-4-6-8-7;7-5-6-3-1-2-4-8-6/h4,6-7H,2-3,5H2,1H3;2,4,6-7H,1,3,5H2. The molecule has 2 aliphatic rings. The molecule has 2 rings (SSSR count). The number of allylic oxidation sites excluding steroid dienone is 2. The van der Waals surface area contributed by atoms with Gasteiger partial charge in [0, 0.05) is 0 Å². The first-order valence-corrected chi connectivity index (χ1v) is 6.08. The van der Waals surface area contributed by atoms with E-state index in [4.69, 9.17) is 14.6 Å². The summed E-state index contributed by atoms with van der Waals surface area (Å²) in [6.07, 6.45) is 13.6. The minimum Gasteiger partial charge on any atom is -0.498 e. The molecule has 0 aliphatic carbocycles. The molecule has 92 valence electrons. The van der Waals surface area contributed by atoms with E-state index >= 15 is 0 Å². The Morgan fingerprint density at radius 2 is 1.62 bits per heavy atom. The highest BCUT2D eigenvalue weighted by Gasteiger charge is 2.07. The average Bonchev–Trinajstić information content (AvgIpc) is 2.41. The van der Waals surface area contributed by atoms with Gasteiger partial charge in [0.25, 0.3) is 0 Å². The molecule has 0 amide bonds. The van der Waals surface area contributed by atoms with Gasteiger partial charge in [-0.25, -0.2) is 0 Å². The van der Waals surface area contributed by atoms with E-state index in [1.165, 1.54) is 12.8 Å². The van der Waals surface area contributed by atoms with Crippen LogP contribution in [0.4, 0.5) is 0 Å². The molecule has 0 saturated heterocycles. The SMILES string of the molecule is CCC1CCC=CO1.OCC1CCC=CO1. The third kappa shape index (κ3) is 5.21. The number of hydrogen-bond acceptors (Lipinski definition) is 3. The van der Waals surface area contributed by atoms with Crippen LogP contribution in [-0.4, -0.2) is 23.9 Å². The van der Waals surface area contributed by atoms with Crippen molar-refractivity contribution in [3.05, 3.63) is 24.7 Å². The van der Waals surface area contributed by atoms with E-state index in [2.05, 4.69) is 13.0 Å². The van der Waals surface area contributed by atoms with Crippen LogP contribution in [0.15, 0.2) is 24.7 Å². The monoisotopic (exact) mass is 226 g/mol. The van der Waals surface area contributed by atoms with Crippen molar-refractivity contribution in [2.75, 3.05) is 6.61 Å². The molecule has 3 nitrogen and oxygen atoms in total. The fourth-order valence-corrected chi connectivity index (χ4v) is 1.60. The van der Waals surface area contributed by atoms with Crippen LogP contribution in [0.3, 0.4) is 0 Å². The number of ether oxygens (including phenoxy) is 2. The molecule has 2 unspecified atom stereocenters. The maximum absolute atomic E-state index is 8.53. The highest BCUT2D eigenvalue weighted by Crippen LogP contribution is 2.12. The molecule has 0 aromatic rings. The van der Waals surface area contributed by atoms with Crippen LogP contribution in [0, 0.1) is 0 Å². The van der Waals surface area contributed by atoms with Gasteiger partial charge in [0.05, 0.1) is 25.2 Å². The molecule has 2 aliphatic heterocycles. The average molecular weight is 226 g/mol. The molecule has 0 saturated carbocycles. The third-order valence-electron chi connectivity index (χ3n) is 2.70. The largest absolute Gasteiger partial charge is 0.498 e. The van der Waals surface area contributed by atoms with Crippen molar-refractivity contribution in [2.45, 2.75) is 51.2 Å². The van der Waals surface area contributed by atoms with Crippen LogP contribution in [0.5, 0.6) is 0 Å². The Morgan fingerprint density at radius 1 is 1.06 bits per heavy atom. The molecule has 2 atom stereocenters. The zero-order chi connectivity index (χ0) is 11.6. The van der Waals surface area contributed by atoms with Crippen molar-refractivity contribution in [1.82, 2.24) is 0 Å². The summed E-state index contributed by atoms with van der Waals surface area (Å²) in [4.78, 5) is 0. The molecular weight excluding hydrogens is 204 g/mol. The van der Waals surface area contributed by atoms with E-state index in [1.807, 2.05) is 12.3 Å². The Kier molecular flexibility index (Phi) is 6.74. The van der Waals surface area contributed by atoms with Crippen LogP contribution in [0.25, 0.3) is 0 Å². The topological polar surface area (TPSA) is 38.7 Å². The lowest BCUT2D eigenvalue weighted by atomic mass is 10.1. The molecular formula is C13H22O3. The summed E-state index contributed by atoms with van der Waals surface area (Å²) in [6.45, 7) is 2.30. The summed E-state index contributed by atoms with van der Waals surface area (Å²) in [7, 11) is 0. The molecule has 1 N–H and O–H groups in total. The highest BCUT2D eigenvalue weighted by atomic mass is 16.5. The van der Waals surface area contributed by atoms with Crippen LogP contribution < -0.4 is 0 Å². The first kappa shape index (κ1) is 13.1. The van der Waals surface area contributed by atoms with Gasteiger partial charge < -0.3 is 14.6 Å². The van der Waals surface area contributed by atoms with Gasteiger partial charge in [0.2, 0.25) is 0 Å². The minimum atomic E-state index is 0.0556. The third-order valence-corrected chi connectivity index (χ3v) is 2.70. The summed E-state index contributed by atoms with van der Waals surface area (Å²) in [5.41, 5.74) is 0. The quantitative estimate of drug-likeness (QED) is 0.787. The Labute approximate surface area is 97.8 Å². The lowest BCUT2D eigenvalue weighted by Gasteiger charge is -2.16. The van der Waals surface area contributed by atoms with E-state index in [9.17, 15) is 0 Å². The molecule has 0 aromatic carbocycles. The van der Waals surface area contributed by atoms with Gasteiger partial charge in [-0.2, -0.15) is 0 Å². The second-order valence-electron chi connectivity index (χ2n) is 4.01. The Balaban J connectivity index is 0.000000160. The van der Waals surface area contributed by atoms with Crippen molar-refractivity contribution in [1.29, 1.82) is 0 Å². The second-order valence-corrected chi connectivity index (χ2v) is 4.01. The fraction of sp³-hybridized carbons (Fsp3) is 0.692. The first-order chi connectivity index (χ1) is 7.86. The number of aliphatic hydroxyl groups is 1. The Hall–Kier alpha value is -0.960. The number of rotatable bonds is 2. The van der Waals surface area contributed by atoms with Gasteiger partial charge in [0.1, 0.15) is 6.10 Å². The normalized spacial score (nSPS) is 27.4. The molecule has 2 heterocycles. The molecule has 0 bridgehead atoms. The minimum absolute atomic E-state index is 0.0556. The molecule has 0 radical (unpaired) electrons. The Morgan fingerprint density at radius 3 is 1.88 bits per heavy atom. The predicted octanol–water partition coefficient (Wildman–Crippen LogP) is 2.76. The van der Waals surface area contributed by atoms with Crippen molar-refractivity contribution >= 4 is 0 Å². The van der Waals surface area contributed by atoms with Gasteiger partial charge in [0.15, 0.2) is 0 Å². The summed E-state index contributed by atoms with van der Waals surface area (Å²) in [5.74, 6) is 0. The Bertz CT molecular complexity index is 199. The zero-order valence-electron chi connectivity index (χ0n) is 9.97. The van der Waals surface area contributed by atoms with E-state index in [0.29, 0.717) is 6.10 Å². The number of aliphatic hydroxyl groups excluding tert-OH is 1. The molecule has 16 heavy (non-hydrogen) atoms. The fourth-order valence-electron chi connectivity index (χ4n) is 1.60. The summed E-state index contributed by atoms with van der Waals surface area (Å²) in [5, 5.41) is 8.53. The van der Waals surface area contributed by atoms with E-state index < -0.39 is 0 Å². The van der Waals surface area contributed by atoms with Crippen LogP contribution in [-0.2, 0) is 9.47 Å². The van der Waals surface area contributed by atoms with Crippen molar-refractivity contribution in [3.8, 4) is 0 Å². The summed E-state index contributed by atoms with van der Waals surface area (Å²) < 4.78 is 10.2. The second kappa shape index (κ2) is 8.22. The first-order valence-electron chi connectivity index (χ1n) is 6.08. The summed E-state index contributed by atoms with van der Waals surface area (Å²) >= 11 is 0. The van der Waals surface area contributed by atoms with Gasteiger partial charge in [-0.05, 0) is 44.3 Å². The lowest BCUT2D eigenvalue weighted by molar-refractivity contribution is 0.0634. The zero-order valence-corrected chi connectivity index (χ0v) is 9.97. The molecule has 0 aromatic heterocycles.